The first kappa shape index (κ1) is 17.1. The number of nitrogens with one attached hydrogen (secondary N) is 1. The maximum atomic E-state index is 12.7. The van der Waals surface area contributed by atoms with Crippen LogP contribution in [0.3, 0.4) is 0 Å². The standard InChI is InChI=1S/C15H16F3N3O2S/c1-14(2)7-10-12(13(22)21(14)19-3)24-11-6-8(23-15(16,17)18)4-5-9(11)20-10/h4-6,12,19H,7H2,1-3H3. The molecule has 130 valence electrons. The molecule has 1 unspecified atom stereocenters. The van der Waals surface area contributed by atoms with Gasteiger partial charge in [-0.1, -0.05) is 0 Å². The predicted octanol–water partition coefficient (Wildman–Crippen LogP) is 3.28. The lowest BCUT2D eigenvalue weighted by Gasteiger charge is -2.45. The first-order valence-corrected chi connectivity index (χ1v) is 8.14. The van der Waals surface area contributed by atoms with Crippen molar-refractivity contribution in [3.63, 3.8) is 0 Å². The molecule has 0 aliphatic carbocycles. The zero-order chi connectivity index (χ0) is 17.7. The quantitative estimate of drug-likeness (QED) is 0.881. The van der Waals surface area contributed by atoms with Gasteiger partial charge in [-0.2, -0.15) is 0 Å². The van der Waals surface area contributed by atoms with Crippen LogP contribution in [0.1, 0.15) is 20.3 Å². The normalized spacial score (nSPS) is 22.6. The molecule has 9 heteroatoms. The molecular formula is C15H16F3N3O2S. The second kappa shape index (κ2) is 5.66. The van der Waals surface area contributed by atoms with Crippen LogP contribution < -0.4 is 10.2 Å². The molecule has 0 saturated carbocycles. The number of halogens is 3. The number of hydrogen-bond donors (Lipinski definition) is 1. The number of carbonyl (C=O) groups excluding carboxylic acids is 1. The van der Waals surface area contributed by atoms with Gasteiger partial charge >= 0.3 is 6.36 Å². The van der Waals surface area contributed by atoms with E-state index in [1.54, 1.807) is 12.1 Å². The Morgan fingerprint density at radius 2 is 2.12 bits per heavy atom. The summed E-state index contributed by atoms with van der Waals surface area (Å²) in [7, 11) is 1.67. The Bertz CT molecular complexity index is 718. The van der Waals surface area contributed by atoms with Gasteiger partial charge in [0.2, 0.25) is 0 Å². The Kier molecular flexibility index (Phi) is 4.03. The second-order valence-electron chi connectivity index (χ2n) is 6.16. The smallest absolute Gasteiger partial charge is 0.406 e. The Morgan fingerprint density at radius 3 is 2.75 bits per heavy atom. The van der Waals surface area contributed by atoms with Gasteiger partial charge in [-0.05, 0) is 32.0 Å². The van der Waals surface area contributed by atoms with Crippen molar-refractivity contribution in [2.75, 3.05) is 7.05 Å². The molecule has 1 amide bonds. The van der Waals surface area contributed by atoms with Gasteiger partial charge < -0.3 is 4.74 Å². The Hall–Kier alpha value is -1.74. The first-order chi connectivity index (χ1) is 11.1. The minimum atomic E-state index is -4.75. The lowest BCUT2D eigenvalue weighted by Crippen LogP contribution is -2.63. The number of benzene rings is 1. The van der Waals surface area contributed by atoms with Crippen molar-refractivity contribution >= 4 is 29.1 Å². The number of ether oxygens (including phenoxy) is 1. The highest BCUT2D eigenvalue weighted by Gasteiger charge is 2.46. The van der Waals surface area contributed by atoms with Gasteiger partial charge in [0.15, 0.2) is 0 Å². The zero-order valence-electron chi connectivity index (χ0n) is 13.3. The van der Waals surface area contributed by atoms with E-state index in [-0.39, 0.29) is 11.7 Å². The van der Waals surface area contributed by atoms with Gasteiger partial charge in [-0.15, -0.1) is 24.9 Å². The Morgan fingerprint density at radius 1 is 1.42 bits per heavy atom. The number of alkyl halides is 3. The third-order valence-electron chi connectivity index (χ3n) is 3.86. The molecule has 0 bridgehead atoms. The monoisotopic (exact) mass is 359 g/mol. The van der Waals surface area contributed by atoms with Gasteiger partial charge in [0.25, 0.3) is 5.91 Å². The van der Waals surface area contributed by atoms with Crippen molar-refractivity contribution < 1.29 is 22.7 Å². The number of thioether (sulfide) groups is 1. The van der Waals surface area contributed by atoms with Crippen LogP contribution in [0.4, 0.5) is 18.9 Å². The van der Waals surface area contributed by atoms with Crippen molar-refractivity contribution in [1.82, 2.24) is 10.4 Å². The molecule has 0 spiro atoms. The number of hydrogen-bond acceptors (Lipinski definition) is 5. The van der Waals surface area contributed by atoms with Crippen LogP contribution >= 0.6 is 11.8 Å². The van der Waals surface area contributed by atoms with Gasteiger partial charge in [0, 0.05) is 24.1 Å². The molecule has 2 aliphatic heterocycles. The summed E-state index contributed by atoms with van der Waals surface area (Å²) in [5.41, 5.74) is 3.75. The van der Waals surface area contributed by atoms with E-state index in [1.165, 1.54) is 30.0 Å². The summed E-state index contributed by atoms with van der Waals surface area (Å²) in [4.78, 5) is 17.7. The fourth-order valence-corrected chi connectivity index (χ4v) is 4.11. The summed E-state index contributed by atoms with van der Waals surface area (Å²) < 4.78 is 41.0. The van der Waals surface area contributed by atoms with Gasteiger partial charge in [-0.3, -0.25) is 14.8 Å². The van der Waals surface area contributed by atoms with Crippen LogP contribution in [0.5, 0.6) is 5.75 Å². The van der Waals surface area contributed by atoms with Crippen molar-refractivity contribution in [1.29, 1.82) is 0 Å². The molecule has 1 fully saturated rings. The second-order valence-corrected chi connectivity index (χ2v) is 7.31. The fourth-order valence-electron chi connectivity index (χ4n) is 2.96. The molecular weight excluding hydrogens is 343 g/mol. The summed E-state index contributed by atoms with van der Waals surface area (Å²) in [6, 6.07) is 3.98. The summed E-state index contributed by atoms with van der Waals surface area (Å²) in [5.74, 6) is -0.480. The first-order valence-electron chi connectivity index (χ1n) is 7.26. The summed E-state index contributed by atoms with van der Waals surface area (Å²) in [5, 5.41) is 1.00. The van der Waals surface area contributed by atoms with Crippen LogP contribution in [0, 0.1) is 0 Å². The zero-order valence-corrected chi connectivity index (χ0v) is 14.1. The van der Waals surface area contributed by atoms with E-state index in [2.05, 4.69) is 15.2 Å². The molecule has 24 heavy (non-hydrogen) atoms. The molecule has 1 aromatic carbocycles. The van der Waals surface area contributed by atoms with Crippen molar-refractivity contribution in [3.05, 3.63) is 18.2 Å². The summed E-state index contributed by atoms with van der Waals surface area (Å²) in [6.45, 7) is 3.86. The van der Waals surface area contributed by atoms with Crippen molar-refractivity contribution in [2.45, 2.75) is 42.3 Å². The summed E-state index contributed by atoms with van der Waals surface area (Å²) >= 11 is 1.20. The van der Waals surface area contributed by atoms with E-state index in [1.807, 2.05) is 13.8 Å². The van der Waals surface area contributed by atoms with Gasteiger partial charge in [0.1, 0.15) is 11.0 Å². The SMILES string of the molecule is CNN1C(=O)C2Sc3cc(OC(F)(F)F)ccc3N=C2CC1(C)C. The largest absolute Gasteiger partial charge is 0.573 e. The number of rotatable bonds is 2. The number of hydrazine groups is 1. The van der Waals surface area contributed by atoms with Gasteiger partial charge in [0.05, 0.1) is 11.2 Å². The summed E-state index contributed by atoms with van der Waals surface area (Å²) in [6.07, 6.45) is -4.17. The number of fused-ring (bicyclic) bond motifs is 2. The molecule has 1 N–H and O–H groups in total. The number of carbonyl (C=O) groups is 1. The maximum Gasteiger partial charge on any atom is 0.573 e. The highest BCUT2D eigenvalue weighted by molar-refractivity contribution is 8.01. The van der Waals surface area contributed by atoms with E-state index in [0.717, 1.165) is 5.71 Å². The van der Waals surface area contributed by atoms with Crippen LogP contribution in [-0.2, 0) is 4.79 Å². The molecule has 5 nitrogen and oxygen atoms in total. The van der Waals surface area contributed by atoms with E-state index >= 15 is 0 Å². The molecule has 0 radical (unpaired) electrons. The van der Waals surface area contributed by atoms with Crippen LogP contribution in [0.15, 0.2) is 28.1 Å². The highest BCUT2D eigenvalue weighted by atomic mass is 32.2. The molecule has 0 aromatic heterocycles. The third-order valence-corrected chi connectivity index (χ3v) is 5.15. The van der Waals surface area contributed by atoms with E-state index in [9.17, 15) is 18.0 Å². The van der Waals surface area contributed by atoms with Crippen molar-refractivity contribution in [3.8, 4) is 5.75 Å². The van der Waals surface area contributed by atoms with E-state index in [4.69, 9.17) is 0 Å². The lowest BCUT2D eigenvalue weighted by molar-refractivity contribution is -0.274. The third kappa shape index (κ3) is 3.10. The van der Waals surface area contributed by atoms with Gasteiger partial charge in [-0.25, -0.2) is 5.43 Å². The average Bonchev–Trinajstić information content (AvgIpc) is 2.44. The maximum absolute atomic E-state index is 12.7. The van der Waals surface area contributed by atoms with Crippen molar-refractivity contribution in [2.24, 2.45) is 4.99 Å². The number of nitrogens with zero attached hydrogens (tertiary/aromatic N) is 2. The molecule has 1 saturated heterocycles. The number of amides is 1. The lowest BCUT2D eigenvalue weighted by atomic mass is 9.89. The van der Waals surface area contributed by atoms with Crippen LogP contribution in [0.25, 0.3) is 0 Å². The number of piperidine rings is 1. The fraction of sp³-hybridized carbons (Fsp3) is 0.467. The minimum absolute atomic E-state index is 0.162. The highest BCUT2D eigenvalue weighted by Crippen LogP contribution is 2.44. The molecule has 2 heterocycles. The Labute approximate surface area is 141 Å². The number of aliphatic imine (C=N–C) groups is 1. The molecule has 3 rings (SSSR count). The van der Waals surface area contributed by atoms with Crippen LogP contribution in [-0.4, -0.2) is 40.8 Å². The average molecular weight is 359 g/mol. The molecule has 1 aromatic rings. The minimum Gasteiger partial charge on any atom is -0.406 e. The Balaban J connectivity index is 1.95. The topological polar surface area (TPSA) is 53.9 Å². The van der Waals surface area contributed by atoms with E-state index in [0.29, 0.717) is 17.0 Å². The van der Waals surface area contributed by atoms with Crippen LogP contribution in [0.2, 0.25) is 0 Å². The van der Waals surface area contributed by atoms with E-state index < -0.39 is 17.2 Å². The predicted molar refractivity (Wildman–Crippen MR) is 84.5 cm³/mol. The molecule has 1 atom stereocenters. The molecule has 2 aliphatic rings.